The van der Waals surface area contributed by atoms with E-state index >= 15 is 0 Å². The van der Waals surface area contributed by atoms with Crippen molar-refractivity contribution in [2.24, 2.45) is 0 Å². The van der Waals surface area contributed by atoms with Crippen LogP contribution in [0.1, 0.15) is 35.3 Å². The van der Waals surface area contributed by atoms with Crippen LogP contribution in [-0.2, 0) is 21.4 Å². The number of carbonyl (C=O) groups excluding carboxylic acids is 1. The molecule has 0 saturated carbocycles. The maximum atomic E-state index is 12.7. The molecule has 2 aromatic rings. The van der Waals surface area contributed by atoms with Crippen molar-refractivity contribution >= 4 is 16.0 Å². The number of piperidine rings is 1. The Kier molecular flexibility index (Phi) is 5.45. The van der Waals surface area contributed by atoms with E-state index in [1.165, 1.54) is 16.4 Å². The molecule has 25 heavy (non-hydrogen) atoms. The lowest BCUT2D eigenvalue weighted by Gasteiger charge is -2.25. The summed E-state index contributed by atoms with van der Waals surface area (Å²) in [5.41, 5.74) is 0.849. The minimum atomic E-state index is -3.57. The summed E-state index contributed by atoms with van der Waals surface area (Å²) < 4.78 is 32.1. The molecule has 0 N–H and O–H groups in total. The van der Waals surface area contributed by atoms with Gasteiger partial charge in [-0.25, -0.2) is 13.2 Å². The van der Waals surface area contributed by atoms with Crippen LogP contribution in [-0.4, -0.2) is 36.8 Å². The number of carbonyl (C=O) groups is 1. The molecule has 132 valence electrons. The Morgan fingerprint density at radius 2 is 1.88 bits per heavy atom. The quantitative estimate of drug-likeness (QED) is 0.766. The molecule has 0 aliphatic carbocycles. The molecular formula is C18H20N2O4S. The topological polar surface area (TPSA) is 76.6 Å². The minimum absolute atomic E-state index is 0.0444. The molecular weight excluding hydrogens is 340 g/mol. The summed E-state index contributed by atoms with van der Waals surface area (Å²) in [6.45, 7) is 1.09. The van der Waals surface area contributed by atoms with Crippen molar-refractivity contribution in [1.82, 2.24) is 9.29 Å². The van der Waals surface area contributed by atoms with Crippen LogP contribution in [0.5, 0.6) is 0 Å². The molecule has 0 radical (unpaired) electrons. The summed E-state index contributed by atoms with van der Waals surface area (Å²) in [5, 5.41) is 0. The van der Waals surface area contributed by atoms with E-state index in [1.807, 2.05) is 6.07 Å². The fourth-order valence-electron chi connectivity index (χ4n) is 2.74. The number of hydrogen-bond donors (Lipinski definition) is 0. The molecule has 1 aromatic carbocycles. The molecule has 7 heteroatoms. The molecule has 1 fully saturated rings. The number of benzene rings is 1. The summed E-state index contributed by atoms with van der Waals surface area (Å²) in [4.78, 5) is 16.4. The summed E-state index contributed by atoms with van der Waals surface area (Å²) in [6.07, 6.45) is 4.40. The van der Waals surface area contributed by atoms with Gasteiger partial charge in [0.15, 0.2) is 0 Å². The molecule has 0 amide bonds. The second-order valence-corrected chi connectivity index (χ2v) is 7.83. The zero-order chi connectivity index (χ0) is 17.7. The van der Waals surface area contributed by atoms with E-state index in [9.17, 15) is 13.2 Å². The van der Waals surface area contributed by atoms with Crippen molar-refractivity contribution in [2.45, 2.75) is 30.8 Å². The highest BCUT2D eigenvalue weighted by molar-refractivity contribution is 7.89. The lowest BCUT2D eigenvalue weighted by molar-refractivity contribution is 0.0467. The van der Waals surface area contributed by atoms with E-state index < -0.39 is 16.0 Å². The minimum Gasteiger partial charge on any atom is -0.456 e. The van der Waals surface area contributed by atoms with Crippen molar-refractivity contribution < 1.29 is 17.9 Å². The Hall–Kier alpha value is -2.25. The van der Waals surface area contributed by atoms with Crippen molar-refractivity contribution in [1.29, 1.82) is 0 Å². The predicted molar refractivity (Wildman–Crippen MR) is 92.4 cm³/mol. The maximum absolute atomic E-state index is 12.7. The molecule has 1 aliphatic heterocycles. The van der Waals surface area contributed by atoms with Gasteiger partial charge in [-0.2, -0.15) is 4.31 Å². The van der Waals surface area contributed by atoms with Gasteiger partial charge in [0.1, 0.15) is 6.61 Å². The van der Waals surface area contributed by atoms with Gasteiger partial charge in [-0.3, -0.25) is 4.98 Å². The maximum Gasteiger partial charge on any atom is 0.338 e. The average molecular weight is 360 g/mol. The smallest absolute Gasteiger partial charge is 0.338 e. The van der Waals surface area contributed by atoms with Gasteiger partial charge in [-0.15, -0.1) is 0 Å². The van der Waals surface area contributed by atoms with Gasteiger partial charge in [-0.1, -0.05) is 18.6 Å². The van der Waals surface area contributed by atoms with E-state index in [1.54, 1.807) is 30.5 Å². The number of esters is 1. The van der Waals surface area contributed by atoms with Gasteiger partial charge in [0.05, 0.1) is 16.2 Å². The highest BCUT2D eigenvalue weighted by Gasteiger charge is 2.26. The molecule has 0 bridgehead atoms. The highest BCUT2D eigenvalue weighted by atomic mass is 32.2. The summed E-state index contributed by atoms with van der Waals surface area (Å²) in [5.74, 6) is -0.568. The van der Waals surface area contributed by atoms with Crippen LogP contribution >= 0.6 is 0 Å². The van der Waals surface area contributed by atoms with Gasteiger partial charge in [0.2, 0.25) is 10.0 Å². The Morgan fingerprint density at radius 3 is 2.60 bits per heavy atom. The number of hydrogen-bond acceptors (Lipinski definition) is 5. The SMILES string of the molecule is O=C(OCc1ccccn1)c1cccc(S(=O)(=O)N2CCCCC2)c1. The lowest BCUT2D eigenvalue weighted by atomic mass is 10.2. The van der Waals surface area contributed by atoms with E-state index in [0.29, 0.717) is 18.8 Å². The zero-order valence-electron chi connectivity index (χ0n) is 13.8. The third-order valence-corrected chi connectivity index (χ3v) is 5.99. The molecule has 2 heterocycles. The van der Waals surface area contributed by atoms with Crippen molar-refractivity contribution in [2.75, 3.05) is 13.1 Å². The van der Waals surface area contributed by atoms with Crippen LogP contribution in [0.25, 0.3) is 0 Å². The Morgan fingerprint density at radius 1 is 1.08 bits per heavy atom. The monoisotopic (exact) mass is 360 g/mol. The second kappa shape index (κ2) is 7.76. The molecule has 6 nitrogen and oxygen atoms in total. The van der Waals surface area contributed by atoms with Crippen molar-refractivity contribution in [3.8, 4) is 0 Å². The zero-order valence-corrected chi connectivity index (χ0v) is 14.6. The van der Waals surface area contributed by atoms with E-state index in [0.717, 1.165) is 19.3 Å². The largest absolute Gasteiger partial charge is 0.456 e. The van der Waals surface area contributed by atoms with Crippen molar-refractivity contribution in [3.63, 3.8) is 0 Å². The van der Waals surface area contributed by atoms with Crippen molar-refractivity contribution in [3.05, 3.63) is 59.9 Å². The first kappa shape index (κ1) is 17.6. The fraction of sp³-hybridized carbons (Fsp3) is 0.333. The Balaban J connectivity index is 1.73. The molecule has 1 saturated heterocycles. The van der Waals surface area contributed by atoms with Gasteiger partial charge in [0, 0.05) is 19.3 Å². The molecule has 1 aliphatic rings. The molecule has 0 atom stereocenters. The summed E-state index contributed by atoms with van der Waals surface area (Å²) in [7, 11) is -3.57. The summed E-state index contributed by atoms with van der Waals surface area (Å²) in [6, 6.07) is 11.3. The standard InChI is InChI=1S/C18H20N2O4S/c21-18(24-14-16-8-2-3-10-19-16)15-7-6-9-17(13-15)25(22,23)20-11-4-1-5-12-20/h2-3,6-10,13H,1,4-5,11-12,14H2. The Bertz CT molecular complexity index is 831. The third kappa shape index (κ3) is 4.24. The van der Waals surface area contributed by atoms with Crippen LogP contribution in [0.15, 0.2) is 53.6 Å². The predicted octanol–water partition coefficient (Wildman–Crippen LogP) is 2.61. The first-order valence-electron chi connectivity index (χ1n) is 8.24. The number of pyridine rings is 1. The van der Waals surface area contributed by atoms with Gasteiger partial charge < -0.3 is 4.74 Å². The number of sulfonamides is 1. The Labute approximate surface area is 147 Å². The molecule has 3 rings (SSSR count). The van der Waals surface area contributed by atoms with Crippen LogP contribution in [0.2, 0.25) is 0 Å². The van der Waals surface area contributed by atoms with E-state index in [2.05, 4.69) is 4.98 Å². The normalized spacial score (nSPS) is 15.7. The average Bonchev–Trinajstić information content (AvgIpc) is 2.67. The number of aromatic nitrogens is 1. The lowest BCUT2D eigenvalue weighted by Crippen LogP contribution is -2.35. The number of ether oxygens (including phenoxy) is 1. The van der Waals surface area contributed by atoms with Crippen LogP contribution in [0, 0.1) is 0 Å². The van der Waals surface area contributed by atoms with Crippen LogP contribution in [0.4, 0.5) is 0 Å². The molecule has 0 spiro atoms. The highest BCUT2D eigenvalue weighted by Crippen LogP contribution is 2.21. The third-order valence-electron chi connectivity index (χ3n) is 4.10. The second-order valence-electron chi connectivity index (χ2n) is 5.89. The number of nitrogens with zero attached hydrogens (tertiary/aromatic N) is 2. The van der Waals surface area contributed by atoms with Gasteiger partial charge in [-0.05, 0) is 43.2 Å². The summed E-state index contributed by atoms with van der Waals surface area (Å²) >= 11 is 0. The first-order valence-corrected chi connectivity index (χ1v) is 9.68. The molecule has 0 unspecified atom stereocenters. The first-order chi connectivity index (χ1) is 12.1. The van der Waals surface area contributed by atoms with Crippen LogP contribution in [0.3, 0.4) is 0 Å². The van der Waals surface area contributed by atoms with E-state index in [4.69, 9.17) is 4.74 Å². The number of rotatable bonds is 5. The molecule has 1 aromatic heterocycles. The fourth-order valence-corrected chi connectivity index (χ4v) is 4.31. The van der Waals surface area contributed by atoms with Gasteiger partial charge >= 0.3 is 5.97 Å². The van der Waals surface area contributed by atoms with Gasteiger partial charge in [0.25, 0.3) is 0 Å². The van der Waals surface area contributed by atoms with E-state index in [-0.39, 0.29) is 17.1 Å². The van der Waals surface area contributed by atoms with Crippen LogP contribution < -0.4 is 0 Å².